The molecule has 3 N–H and O–H groups in total. The Morgan fingerprint density at radius 3 is 2.13 bits per heavy atom. The maximum absolute atomic E-state index is 14.3. The first kappa shape index (κ1) is 43.8. The van der Waals surface area contributed by atoms with Crippen LogP contribution in [0.2, 0.25) is 0 Å². The van der Waals surface area contributed by atoms with Gasteiger partial charge in [-0.25, -0.2) is 4.79 Å². The number of esters is 1. The third kappa shape index (κ3) is 8.88. The molecule has 0 aromatic heterocycles. The predicted molar refractivity (Wildman–Crippen MR) is 189 cm³/mol. The number of aliphatic hydroxyl groups is 3. The van der Waals surface area contributed by atoms with Crippen molar-refractivity contribution in [1.82, 2.24) is 4.90 Å². The van der Waals surface area contributed by atoms with Crippen LogP contribution in [0, 0.1) is 23.7 Å². The SMILES string of the molecule is CC[C@@H]1OC(=O)[C@H](C)[C@H](O[C@@H]2C[C@](C)(OC)[C@H](O)[C@H](C)O2)[C@H](C)[C@H](O[C@@H]2O[C@H](C)C[C@H](N(C)C)[C@@H]2O)[C@](C)(O)C[C@H](C)C(=O)[C@H](C)[C@H]2OC(=O)O[C@@]12C. The van der Waals surface area contributed by atoms with E-state index in [9.17, 15) is 29.7 Å². The minimum atomic E-state index is -1.78. The molecule has 4 aliphatic heterocycles. The lowest BCUT2D eigenvalue weighted by atomic mass is 9.74. The molecule has 0 spiro atoms. The van der Waals surface area contributed by atoms with Crippen LogP contribution in [-0.2, 0) is 47.5 Å². The highest BCUT2D eigenvalue weighted by Crippen LogP contribution is 2.43. The molecule has 0 aliphatic carbocycles. The molecule has 0 radical (unpaired) electrons. The molecule has 15 nitrogen and oxygen atoms in total. The number of carbonyl (C=O) groups excluding carboxylic acids is 3. The van der Waals surface area contributed by atoms with Gasteiger partial charge < -0.3 is 58.1 Å². The van der Waals surface area contributed by atoms with Gasteiger partial charge in [0.15, 0.2) is 24.3 Å². The molecule has 4 fully saturated rings. The van der Waals surface area contributed by atoms with Crippen molar-refractivity contribution in [3.05, 3.63) is 0 Å². The summed E-state index contributed by atoms with van der Waals surface area (Å²) in [5, 5.41) is 34.9. The molecular weight excluding hydrogens is 694 g/mol. The van der Waals surface area contributed by atoms with Gasteiger partial charge in [-0.2, -0.15) is 0 Å². The zero-order valence-electron chi connectivity index (χ0n) is 33.8. The second-order valence-corrected chi connectivity index (χ2v) is 16.9. The molecule has 0 saturated carbocycles. The van der Waals surface area contributed by atoms with E-state index in [1.54, 1.807) is 62.3 Å². The van der Waals surface area contributed by atoms with Crippen molar-refractivity contribution in [1.29, 1.82) is 0 Å². The number of Topliss-reactive ketones (excluding diaryl/α,β-unsaturated/α-hetero) is 1. The van der Waals surface area contributed by atoms with E-state index in [4.69, 9.17) is 37.9 Å². The van der Waals surface area contributed by atoms with Gasteiger partial charge >= 0.3 is 12.1 Å². The van der Waals surface area contributed by atoms with E-state index in [0.29, 0.717) is 6.42 Å². The molecule has 15 heteroatoms. The van der Waals surface area contributed by atoms with E-state index in [2.05, 4.69) is 0 Å². The van der Waals surface area contributed by atoms with E-state index in [-0.39, 0.29) is 37.2 Å². The highest BCUT2D eigenvalue weighted by molar-refractivity contribution is 5.84. The molecule has 53 heavy (non-hydrogen) atoms. The minimum Gasteiger partial charge on any atom is -0.458 e. The topological polar surface area (TPSA) is 189 Å². The average molecular weight is 760 g/mol. The van der Waals surface area contributed by atoms with Crippen LogP contribution in [0.3, 0.4) is 0 Å². The third-order valence-corrected chi connectivity index (χ3v) is 12.3. The number of aliphatic hydroxyl groups excluding tert-OH is 2. The minimum absolute atomic E-state index is 0.0996. The second kappa shape index (κ2) is 16.6. The van der Waals surface area contributed by atoms with Crippen LogP contribution in [0.4, 0.5) is 4.79 Å². The number of methoxy groups -OCH3 is 1. The number of cyclic esters (lactones) is 1. The first-order chi connectivity index (χ1) is 24.5. The zero-order chi connectivity index (χ0) is 40.0. The Balaban J connectivity index is 1.84. The maximum Gasteiger partial charge on any atom is 0.509 e. The summed E-state index contributed by atoms with van der Waals surface area (Å²) in [6.45, 7) is 16.9. The summed E-state index contributed by atoms with van der Waals surface area (Å²) in [4.78, 5) is 43.0. The number of ether oxygens (including phenoxy) is 8. The van der Waals surface area contributed by atoms with E-state index in [1.807, 2.05) is 25.9 Å². The number of ketones is 1. The fraction of sp³-hybridized carbons (Fsp3) is 0.921. The van der Waals surface area contributed by atoms with Crippen molar-refractivity contribution < 1.29 is 67.6 Å². The Bertz CT molecular complexity index is 1300. The highest BCUT2D eigenvalue weighted by Gasteiger charge is 2.59. The lowest BCUT2D eigenvalue weighted by molar-refractivity contribution is -0.318. The molecule has 4 rings (SSSR count). The van der Waals surface area contributed by atoms with E-state index in [0.717, 1.165) is 0 Å². The summed E-state index contributed by atoms with van der Waals surface area (Å²) in [5.41, 5.74) is -4.33. The number of hydrogen-bond acceptors (Lipinski definition) is 15. The van der Waals surface area contributed by atoms with Crippen LogP contribution in [0.1, 0.15) is 94.9 Å². The molecule has 0 bridgehead atoms. The van der Waals surface area contributed by atoms with Crippen molar-refractivity contribution >= 4 is 17.9 Å². The lowest BCUT2D eigenvalue weighted by Crippen LogP contribution is -2.61. The van der Waals surface area contributed by atoms with Gasteiger partial charge in [-0.3, -0.25) is 9.59 Å². The van der Waals surface area contributed by atoms with Gasteiger partial charge in [-0.1, -0.05) is 27.7 Å². The fourth-order valence-corrected chi connectivity index (χ4v) is 9.03. The number of nitrogens with zero attached hydrogens (tertiary/aromatic N) is 1. The highest BCUT2D eigenvalue weighted by atomic mass is 16.8. The number of carbonyl (C=O) groups is 3. The van der Waals surface area contributed by atoms with Crippen LogP contribution in [0.15, 0.2) is 0 Å². The van der Waals surface area contributed by atoms with Crippen LogP contribution >= 0.6 is 0 Å². The van der Waals surface area contributed by atoms with Gasteiger partial charge in [0.2, 0.25) is 0 Å². The Hall–Kier alpha value is -1.95. The predicted octanol–water partition coefficient (Wildman–Crippen LogP) is 2.97. The summed E-state index contributed by atoms with van der Waals surface area (Å²) in [6.07, 6.45) is -9.81. The summed E-state index contributed by atoms with van der Waals surface area (Å²) < 4.78 is 48.7. The van der Waals surface area contributed by atoms with Crippen molar-refractivity contribution in [3.8, 4) is 0 Å². The molecule has 4 aliphatic rings. The van der Waals surface area contributed by atoms with Crippen molar-refractivity contribution in [2.45, 2.75) is 179 Å². The summed E-state index contributed by atoms with van der Waals surface area (Å²) in [7, 11) is 5.20. The van der Waals surface area contributed by atoms with Gasteiger partial charge in [0.1, 0.15) is 24.1 Å². The molecule has 306 valence electrons. The van der Waals surface area contributed by atoms with Crippen molar-refractivity contribution in [2.24, 2.45) is 23.7 Å². The molecule has 0 aromatic carbocycles. The Morgan fingerprint density at radius 1 is 0.906 bits per heavy atom. The molecule has 4 heterocycles. The van der Waals surface area contributed by atoms with Crippen LogP contribution in [0.5, 0.6) is 0 Å². The summed E-state index contributed by atoms with van der Waals surface area (Å²) in [5.74, 6) is -4.54. The number of hydrogen-bond donors (Lipinski definition) is 3. The van der Waals surface area contributed by atoms with Gasteiger partial charge in [0.25, 0.3) is 0 Å². The monoisotopic (exact) mass is 759 g/mol. The third-order valence-electron chi connectivity index (χ3n) is 12.3. The van der Waals surface area contributed by atoms with Gasteiger partial charge in [-0.15, -0.1) is 0 Å². The van der Waals surface area contributed by atoms with Crippen LogP contribution in [0.25, 0.3) is 0 Å². The van der Waals surface area contributed by atoms with Gasteiger partial charge in [0.05, 0.1) is 47.5 Å². The van der Waals surface area contributed by atoms with Gasteiger partial charge in [0, 0.05) is 31.4 Å². The quantitative estimate of drug-likeness (QED) is 0.321. The molecule has 18 atom stereocenters. The van der Waals surface area contributed by atoms with E-state index in [1.165, 1.54) is 7.11 Å². The van der Waals surface area contributed by atoms with Crippen molar-refractivity contribution in [2.75, 3.05) is 21.2 Å². The van der Waals surface area contributed by atoms with Crippen LogP contribution < -0.4 is 0 Å². The first-order valence-electron chi connectivity index (χ1n) is 19.1. The number of fused-ring (bicyclic) bond motifs is 1. The normalized spacial score (nSPS) is 49.1. The Morgan fingerprint density at radius 2 is 1.55 bits per heavy atom. The maximum atomic E-state index is 14.3. The molecule has 0 amide bonds. The Kier molecular flexibility index (Phi) is 13.7. The van der Waals surface area contributed by atoms with E-state index < -0.39 is 108 Å². The second-order valence-electron chi connectivity index (χ2n) is 16.9. The average Bonchev–Trinajstić information content (AvgIpc) is 3.40. The fourth-order valence-electron chi connectivity index (χ4n) is 9.03. The molecule has 4 saturated heterocycles. The number of likely N-dealkylation sites (N-methyl/N-ethyl adjacent to an activating group) is 1. The van der Waals surface area contributed by atoms with Gasteiger partial charge in [-0.05, 0) is 74.9 Å². The zero-order valence-corrected chi connectivity index (χ0v) is 33.8. The Labute approximate surface area is 314 Å². The standard InChI is InChI=1S/C38H65NO14/c1-14-25-38(10)32(52-35(44)53-38)20(4)27(40)18(2)16-36(8,45)31(51-34-28(41)24(39(11)12)15-19(3)47-34)21(5)29(22(6)33(43)49-25)50-26-17-37(9,46-13)30(42)23(7)48-26/h18-26,28-32,34,41-42,45H,14-17H2,1-13H3/t18-,19+,20-,21-,22+,23-,24-,25-,26+,28-,29+,30+,31-,32+,34-,36+,37-,38-/m0/s1. The largest absolute Gasteiger partial charge is 0.509 e. The van der Waals surface area contributed by atoms with E-state index >= 15 is 0 Å². The van der Waals surface area contributed by atoms with Crippen molar-refractivity contribution in [3.63, 3.8) is 0 Å². The summed E-state index contributed by atoms with van der Waals surface area (Å²) in [6, 6.07) is -0.322. The smallest absolute Gasteiger partial charge is 0.458 e. The van der Waals surface area contributed by atoms with Crippen LogP contribution in [-0.4, -0.2) is 144 Å². The lowest BCUT2D eigenvalue weighted by Gasteiger charge is -2.49. The molecule has 0 aromatic rings. The first-order valence-corrected chi connectivity index (χ1v) is 19.1. The molecular formula is C38H65NO14. The summed E-state index contributed by atoms with van der Waals surface area (Å²) >= 11 is 0. The molecule has 0 unspecified atom stereocenters. The number of rotatable bonds is 7.